The Morgan fingerprint density at radius 3 is 2.50 bits per heavy atom. The van der Waals surface area contributed by atoms with E-state index >= 15 is 0 Å². The Kier molecular flexibility index (Phi) is 2.56. The van der Waals surface area contributed by atoms with Gasteiger partial charge >= 0.3 is 5.69 Å². The highest BCUT2D eigenvalue weighted by atomic mass is 16.2. The number of hydrogen-bond acceptors (Lipinski definition) is 2. The second kappa shape index (κ2) is 4.46. The highest BCUT2D eigenvalue weighted by molar-refractivity contribution is 5.78. The van der Waals surface area contributed by atoms with Crippen LogP contribution in [0.3, 0.4) is 0 Å². The second-order valence-corrected chi connectivity index (χ2v) is 5.29. The number of hydrogen-bond donors (Lipinski definition) is 1. The summed E-state index contributed by atoms with van der Waals surface area (Å²) < 4.78 is 2.67. The zero-order valence-electron chi connectivity index (χ0n) is 11.9. The number of imidazole rings is 1. The molecule has 2 aromatic rings. The van der Waals surface area contributed by atoms with Crippen molar-refractivity contribution >= 4 is 11.0 Å². The van der Waals surface area contributed by atoms with Gasteiger partial charge in [0.25, 0.3) is 5.56 Å². The van der Waals surface area contributed by atoms with Crippen molar-refractivity contribution in [2.24, 2.45) is 0 Å². The minimum Gasteiger partial charge on any atom is -0.358 e. The lowest BCUT2D eigenvalue weighted by molar-refractivity contribution is 0.921. The Bertz CT molecular complexity index is 1070. The van der Waals surface area contributed by atoms with Crippen molar-refractivity contribution in [1.29, 1.82) is 0 Å². The second-order valence-electron chi connectivity index (χ2n) is 5.29. The predicted molar refractivity (Wildman–Crippen MR) is 85.4 cm³/mol. The van der Waals surface area contributed by atoms with Crippen LogP contribution < -0.4 is 11.2 Å². The maximum atomic E-state index is 12.8. The summed E-state index contributed by atoms with van der Waals surface area (Å²) >= 11 is 0. The van der Waals surface area contributed by atoms with Gasteiger partial charge in [-0.25, -0.2) is 9.36 Å². The van der Waals surface area contributed by atoms with E-state index in [-0.39, 0.29) is 11.2 Å². The molecule has 0 saturated heterocycles. The van der Waals surface area contributed by atoms with Gasteiger partial charge in [-0.2, -0.15) is 0 Å². The van der Waals surface area contributed by atoms with Crippen LogP contribution in [0.4, 0.5) is 0 Å². The Labute approximate surface area is 125 Å². The maximum Gasteiger partial charge on any atom is 0.341 e. The van der Waals surface area contributed by atoms with Gasteiger partial charge in [0.2, 0.25) is 0 Å². The summed E-state index contributed by atoms with van der Waals surface area (Å²) in [5.41, 5.74) is 2.78. The van der Waals surface area contributed by atoms with Crippen molar-refractivity contribution < 1.29 is 0 Å². The third-order valence-electron chi connectivity index (χ3n) is 3.82. The maximum absolute atomic E-state index is 12.8. The number of H-pyrrole nitrogens is 1. The van der Waals surface area contributed by atoms with Crippen LogP contribution in [-0.2, 0) is 0 Å². The van der Waals surface area contributed by atoms with Crippen molar-refractivity contribution in [3.63, 3.8) is 0 Å². The number of nitrogens with one attached hydrogen (secondary N) is 1. The first kappa shape index (κ1) is 12.6. The first-order valence-electron chi connectivity index (χ1n) is 6.98. The summed E-state index contributed by atoms with van der Waals surface area (Å²) in [5.74, 6) is 0. The lowest BCUT2D eigenvalue weighted by Crippen LogP contribution is -2.25. The molecular formula is C17H13N3O2. The quantitative estimate of drug-likeness (QED) is 0.584. The average molecular weight is 291 g/mol. The van der Waals surface area contributed by atoms with Gasteiger partial charge in [-0.15, -0.1) is 0 Å². The molecule has 2 aliphatic rings. The van der Waals surface area contributed by atoms with E-state index in [0.717, 1.165) is 11.1 Å². The summed E-state index contributed by atoms with van der Waals surface area (Å²) in [6, 6.07) is 14.7. The number of aromatic amines is 1. The molecule has 0 saturated carbocycles. The smallest absolute Gasteiger partial charge is 0.341 e. The van der Waals surface area contributed by atoms with E-state index in [4.69, 9.17) is 0 Å². The molecule has 5 nitrogen and oxygen atoms in total. The lowest BCUT2D eigenvalue weighted by atomic mass is 10.2. The molecule has 4 rings (SSSR count). The predicted octanol–water partition coefficient (Wildman–Crippen LogP) is 2.22. The lowest BCUT2D eigenvalue weighted by Gasteiger charge is -2.06. The van der Waals surface area contributed by atoms with E-state index in [1.165, 1.54) is 9.13 Å². The third-order valence-corrected chi connectivity index (χ3v) is 3.82. The highest BCUT2D eigenvalue weighted by Crippen LogP contribution is 2.17. The standard InChI is InChI=1S/C17H13N3O2/c1-11-7-8-13-14(9-11)20-15(10-18-13)16(21)19(17(20)22)12-5-3-2-4-6-12/h2-10,18H,1H3. The minimum atomic E-state index is -0.351. The number of aromatic nitrogens is 3. The molecule has 0 amide bonds. The van der Waals surface area contributed by atoms with Crippen LogP contribution in [0, 0.1) is 6.92 Å². The largest absolute Gasteiger partial charge is 0.358 e. The fourth-order valence-corrected chi connectivity index (χ4v) is 2.76. The average Bonchev–Trinajstić information content (AvgIpc) is 2.79. The monoisotopic (exact) mass is 291 g/mol. The van der Waals surface area contributed by atoms with Gasteiger partial charge in [0.1, 0.15) is 5.69 Å². The van der Waals surface area contributed by atoms with Crippen molar-refractivity contribution in [2.75, 3.05) is 0 Å². The van der Waals surface area contributed by atoms with Gasteiger partial charge in [0, 0.05) is 6.20 Å². The molecule has 0 unspecified atom stereocenters. The molecule has 0 radical (unpaired) electrons. The topological polar surface area (TPSA) is 59.8 Å². The molecule has 2 aromatic carbocycles. The number of aryl methyl sites for hydroxylation is 1. The molecular weight excluding hydrogens is 278 g/mol. The van der Waals surface area contributed by atoms with Gasteiger partial charge in [-0.1, -0.05) is 24.3 Å². The molecule has 0 bridgehead atoms. The van der Waals surface area contributed by atoms with Gasteiger partial charge in [-0.05, 0) is 36.8 Å². The van der Waals surface area contributed by atoms with E-state index in [9.17, 15) is 9.59 Å². The Morgan fingerprint density at radius 1 is 0.955 bits per heavy atom. The molecule has 0 aliphatic carbocycles. The van der Waals surface area contributed by atoms with Gasteiger partial charge < -0.3 is 4.98 Å². The van der Waals surface area contributed by atoms with Crippen molar-refractivity contribution in [2.45, 2.75) is 6.92 Å². The SMILES string of the molecule is Cc1ccc2[nH]cc3c(=O)n(-c4ccccc4)c(=O)n-3c2c1. The zero-order chi connectivity index (χ0) is 15.3. The van der Waals surface area contributed by atoms with E-state index in [2.05, 4.69) is 4.98 Å². The molecule has 108 valence electrons. The van der Waals surface area contributed by atoms with Gasteiger partial charge in [0.15, 0.2) is 0 Å². The van der Waals surface area contributed by atoms with E-state index in [1.54, 1.807) is 30.5 Å². The van der Waals surface area contributed by atoms with Crippen molar-refractivity contribution in [1.82, 2.24) is 14.1 Å². The Morgan fingerprint density at radius 2 is 1.73 bits per heavy atom. The van der Waals surface area contributed by atoms with Crippen molar-refractivity contribution in [3.05, 3.63) is 81.1 Å². The number of para-hydroxylation sites is 1. The molecule has 0 aromatic heterocycles. The summed E-state index contributed by atoms with van der Waals surface area (Å²) in [4.78, 5) is 28.5. The van der Waals surface area contributed by atoms with Crippen LogP contribution in [0.1, 0.15) is 5.56 Å². The van der Waals surface area contributed by atoms with Crippen LogP contribution >= 0.6 is 0 Å². The molecule has 1 N–H and O–H groups in total. The van der Waals surface area contributed by atoms with Gasteiger partial charge in [0.05, 0.1) is 16.7 Å². The van der Waals surface area contributed by atoms with Crippen LogP contribution in [-0.4, -0.2) is 14.1 Å². The molecule has 22 heavy (non-hydrogen) atoms. The highest BCUT2D eigenvalue weighted by Gasteiger charge is 2.20. The van der Waals surface area contributed by atoms with Crippen LogP contribution in [0.25, 0.3) is 22.4 Å². The summed E-state index contributed by atoms with van der Waals surface area (Å²) in [6.07, 6.45) is 1.58. The first-order chi connectivity index (χ1) is 10.7. The first-order valence-corrected chi connectivity index (χ1v) is 6.98. The van der Waals surface area contributed by atoms with E-state index in [0.29, 0.717) is 16.9 Å². The summed E-state index contributed by atoms with van der Waals surface area (Å²) in [6.45, 7) is 1.95. The van der Waals surface area contributed by atoms with E-state index in [1.807, 2.05) is 31.2 Å². The van der Waals surface area contributed by atoms with E-state index < -0.39 is 0 Å². The third kappa shape index (κ3) is 1.65. The molecule has 0 fully saturated rings. The number of nitrogens with zero attached hydrogens (tertiary/aromatic N) is 2. The number of rotatable bonds is 1. The Hall–Kier alpha value is -3.08. The fraction of sp³-hybridized carbons (Fsp3) is 0.0588. The summed E-state index contributed by atoms with van der Waals surface area (Å²) in [7, 11) is 0. The molecule has 5 heteroatoms. The normalized spacial score (nSPS) is 11.3. The van der Waals surface area contributed by atoms with Crippen LogP contribution in [0.2, 0.25) is 0 Å². The molecule has 0 atom stereocenters. The molecule has 2 aliphatic heterocycles. The fourth-order valence-electron chi connectivity index (χ4n) is 2.76. The molecule has 0 spiro atoms. The van der Waals surface area contributed by atoms with Crippen molar-refractivity contribution in [3.8, 4) is 11.4 Å². The molecule has 2 heterocycles. The Balaban J connectivity index is 2.20. The zero-order valence-corrected chi connectivity index (χ0v) is 11.9. The number of benzene rings is 2. The van der Waals surface area contributed by atoms with Crippen LogP contribution in [0.15, 0.2) is 64.3 Å². The van der Waals surface area contributed by atoms with Crippen LogP contribution in [0.5, 0.6) is 0 Å². The number of fused-ring (bicyclic) bond motifs is 3. The minimum absolute atomic E-state index is 0.323. The van der Waals surface area contributed by atoms with Gasteiger partial charge in [-0.3, -0.25) is 9.36 Å². The summed E-state index contributed by atoms with van der Waals surface area (Å²) in [5, 5.41) is 0.